The Labute approximate surface area is 175 Å². The van der Waals surface area contributed by atoms with Crippen molar-refractivity contribution in [3.8, 4) is 23.3 Å². The SMILES string of the molecule is C=CCOc1c(Cl)cc(/C=C(/C#N)C(=O)Nc2cccc(OCC)c2)cc1OC. The molecule has 0 bridgehead atoms. The van der Waals surface area contributed by atoms with E-state index in [4.69, 9.17) is 25.8 Å². The molecule has 7 heteroatoms. The molecule has 2 aromatic rings. The average molecular weight is 413 g/mol. The highest BCUT2D eigenvalue weighted by Gasteiger charge is 2.14. The predicted molar refractivity (Wildman–Crippen MR) is 114 cm³/mol. The summed E-state index contributed by atoms with van der Waals surface area (Å²) in [5, 5.41) is 12.4. The Bertz CT molecular complexity index is 964. The van der Waals surface area contributed by atoms with Crippen LogP contribution in [0.2, 0.25) is 5.02 Å². The van der Waals surface area contributed by atoms with E-state index in [1.165, 1.54) is 13.2 Å². The maximum atomic E-state index is 12.5. The number of amides is 1. The molecule has 1 amide bonds. The number of hydrogen-bond acceptors (Lipinski definition) is 5. The number of nitriles is 1. The predicted octanol–water partition coefficient (Wildman–Crippen LogP) is 4.86. The van der Waals surface area contributed by atoms with Crippen molar-refractivity contribution in [1.29, 1.82) is 5.26 Å². The molecule has 0 unspecified atom stereocenters. The van der Waals surface area contributed by atoms with Gasteiger partial charge in [-0.1, -0.05) is 30.3 Å². The molecule has 0 spiro atoms. The van der Waals surface area contributed by atoms with Crippen molar-refractivity contribution in [3.63, 3.8) is 0 Å². The summed E-state index contributed by atoms with van der Waals surface area (Å²) in [6.07, 6.45) is 3.01. The topological polar surface area (TPSA) is 80.6 Å². The zero-order valence-electron chi connectivity index (χ0n) is 16.2. The van der Waals surface area contributed by atoms with Gasteiger partial charge in [-0.3, -0.25) is 4.79 Å². The highest BCUT2D eigenvalue weighted by Crippen LogP contribution is 2.37. The quantitative estimate of drug-likeness (QED) is 0.361. The number of benzene rings is 2. The molecule has 2 aromatic carbocycles. The molecular weight excluding hydrogens is 392 g/mol. The first kappa shape index (κ1) is 21.9. The van der Waals surface area contributed by atoms with Gasteiger partial charge in [-0.15, -0.1) is 0 Å². The van der Waals surface area contributed by atoms with Gasteiger partial charge < -0.3 is 19.5 Å². The van der Waals surface area contributed by atoms with E-state index < -0.39 is 5.91 Å². The Morgan fingerprint density at radius 3 is 2.76 bits per heavy atom. The average Bonchev–Trinajstić information content (AvgIpc) is 2.71. The molecule has 0 aromatic heterocycles. The summed E-state index contributed by atoms with van der Waals surface area (Å²) in [7, 11) is 1.48. The number of ether oxygens (including phenoxy) is 3. The van der Waals surface area contributed by atoms with E-state index in [0.717, 1.165) is 0 Å². The molecule has 0 atom stereocenters. The van der Waals surface area contributed by atoms with Crippen LogP contribution in [0, 0.1) is 11.3 Å². The molecule has 2 rings (SSSR count). The van der Waals surface area contributed by atoms with Crippen molar-refractivity contribution < 1.29 is 19.0 Å². The van der Waals surface area contributed by atoms with E-state index in [1.54, 1.807) is 42.5 Å². The number of nitrogens with one attached hydrogen (secondary N) is 1. The van der Waals surface area contributed by atoms with Gasteiger partial charge in [-0.05, 0) is 42.8 Å². The van der Waals surface area contributed by atoms with Crippen molar-refractivity contribution in [1.82, 2.24) is 0 Å². The minimum Gasteiger partial charge on any atom is -0.494 e. The van der Waals surface area contributed by atoms with Crippen LogP contribution in [0.4, 0.5) is 5.69 Å². The fourth-order valence-corrected chi connectivity index (χ4v) is 2.72. The third-order valence-corrected chi connectivity index (χ3v) is 3.96. The Balaban J connectivity index is 2.27. The number of halogens is 1. The lowest BCUT2D eigenvalue weighted by molar-refractivity contribution is -0.112. The second-order valence-electron chi connectivity index (χ2n) is 5.72. The first-order valence-corrected chi connectivity index (χ1v) is 9.17. The fraction of sp³-hybridized carbons (Fsp3) is 0.182. The van der Waals surface area contributed by atoms with Gasteiger partial charge in [0.25, 0.3) is 5.91 Å². The lowest BCUT2D eigenvalue weighted by atomic mass is 10.1. The number of rotatable bonds is 9. The molecule has 0 saturated carbocycles. The van der Waals surface area contributed by atoms with E-state index in [9.17, 15) is 10.1 Å². The van der Waals surface area contributed by atoms with E-state index in [-0.39, 0.29) is 12.2 Å². The summed E-state index contributed by atoms with van der Waals surface area (Å²) < 4.78 is 16.2. The van der Waals surface area contributed by atoms with Gasteiger partial charge in [0.2, 0.25) is 0 Å². The van der Waals surface area contributed by atoms with Gasteiger partial charge in [0, 0.05) is 11.8 Å². The summed E-state index contributed by atoms with van der Waals surface area (Å²) in [4.78, 5) is 12.5. The molecule has 0 aliphatic carbocycles. The monoisotopic (exact) mass is 412 g/mol. The molecule has 0 radical (unpaired) electrons. The fourth-order valence-electron chi connectivity index (χ4n) is 2.45. The molecule has 6 nitrogen and oxygen atoms in total. The van der Waals surface area contributed by atoms with Crippen LogP contribution >= 0.6 is 11.6 Å². The minimum absolute atomic E-state index is 0.0929. The third kappa shape index (κ3) is 6.03. The van der Waals surface area contributed by atoms with Gasteiger partial charge >= 0.3 is 0 Å². The second-order valence-corrected chi connectivity index (χ2v) is 6.13. The molecule has 0 heterocycles. The van der Waals surface area contributed by atoms with Gasteiger partial charge in [0.15, 0.2) is 11.5 Å². The van der Waals surface area contributed by atoms with Crippen LogP contribution in [-0.2, 0) is 4.79 Å². The molecule has 150 valence electrons. The van der Waals surface area contributed by atoms with Crippen molar-refractivity contribution in [2.45, 2.75) is 6.92 Å². The molecule has 0 saturated heterocycles. The Morgan fingerprint density at radius 1 is 1.31 bits per heavy atom. The first-order valence-electron chi connectivity index (χ1n) is 8.79. The maximum Gasteiger partial charge on any atom is 0.266 e. The molecule has 0 aliphatic rings. The van der Waals surface area contributed by atoms with Crippen LogP contribution in [0.1, 0.15) is 12.5 Å². The number of carbonyl (C=O) groups excluding carboxylic acids is 1. The zero-order chi connectivity index (χ0) is 21.2. The van der Waals surface area contributed by atoms with E-state index in [1.807, 2.05) is 13.0 Å². The highest BCUT2D eigenvalue weighted by molar-refractivity contribution is 6.32. The summed E-state index contributed by atoms with van der Waals surface area (Å²) in [5.74, 6) is 0.817. The third-order valence-electron chi connectivity index (χ3n) is 3.68. The maximum absolute atomic E-state index is 12.5. The number of anilines is 1. The normalized spacial score (nSPS) is 10.6. The minimum atomic E-state index is -0.553. The first-order chi connectivity index (χ1) is 14.0. The molecule has 0 aliphatic heterocycles. The Morgan fingerprint density at radius 2 is 2.10 bits per heavy atom. The highest BCUT2D eigenvalue weighted by atomic mass is 35.5. The summed E-state index contributed by atoms with van der Waals surface area (Å²) in [5.41, 5.74) is 0.947. The number of hydrogen-bond donors (Lipinski definition) is 1. The summed E-state index contributed by atoms with van der Waals surface area (Å²) >= 11 is 6.27. The van der Waals surface area contributed by atoms with Crippen LogP contribution in [0.25, 0.3) is 6.08 Å². The van der Waals surface area contributed by atoms with Crippen LogP contribution in [0.3, 0.4) is 0 Å². The van der Waals surface area contributed by atoms with Gasteiger partial charge in [0.05, 0.1) is 18.7 Å². The van der Waals surface area contributed by atoms with Crippen molar-refractivity contribution >= 4 is 29.3 Å². The van der Waals surface area contributed by atoms with Crippen LogP contribution in [0.5, 0.6) is 17.2 Å². The largest absolute Gasteiger partial charge is 0.494 e. The summed E-state index contributed by atoms with van der Waals surface area (Å²) in [6.45, 7) is 6.23. The molecular formula is C22H21ClN2O4. The molecule has 29 heavy (non-hydrogen) atoms. The molecule has 1 N–H and O–H groups in total. The smallest absolute Gasteiger partial charge is 0.266 e. The van der Waals surface area contributed by atoms with Gasteiger partial charge in [0.1, 0.15) is 24.0 Å². The van der Waals surface area contributed by atoms with E-state index in [0.29, 0.717) is 40.1 Å². The van der Waals surface area contributed by atoms with Crippen LogP contribution < -0.4 is 19.5 Å². The lowest BCUT2D eigenvalue weighted by Gasteiger charge is -2.12. The number of methoxy groups -OCH3 is 1. The Kier molecular flexibility index (Phi) is 8.13. The van der Waals surface area contributed by atoms with Crippen LogP contribution in [0.15, 0.2) is 54.6 Å². The van der Waals surface area contributed by atoms with Gasteiger partial charge in [-0.25, -0.2) is 0 Å². The van der Waals surface area contributed by atoms with E-state index in [2.05, 4.69) is 11.9 Å². The van der Waals surface area contributed by atoms with Crippen molar-refractivity contribution in [2.24, 2.45) is 0 Å². The van der Waals surface area contributed by atoms with Crippen LogP contribution in [-0.4, -0.2) is 26.2 Å². The van der Waals surface area contributed by atoms with Gasteiger partial charge in [-0.2, -0.15) is 5.26 Å². The van der Waals surface area contributed by atoms with Crippen molar-refractivity contribution in [2.75, 3.05) is 25.6 Å². The number of nitrogens with zero attached hydrogens (tertiary/aromatic N) is 1. The van der Waals surface area contributed by atoms with E-state index >= 15 is 0 Å². The molecule has 0 fully saturated rings. The second kappa shape index (κ2) is 10.8. The van der Waals surface area contributed by atoms with Crippen molar-refractivity contribution in [3.05, 3.63) is 65.2 Å². The Hall–Kier alpha value is -3.43. The zero-order valence-corrected chi connectivity index (χ0v) is 17.0. The lowest BCUT2D eigenvalue weighted by Crippen LogP contribution is -2.13. The summed E-state index contributed by atoms with van der Waals surface area (Å²) in [6, 6.07) is 12.0. The standard InChI is InChI=1S/C22H21ClN2O4/c1-4-9-29-21-19(23)11-15(12-20(21)27-3)10-16(14-24)22(26)25-17-7-6-8-18(13-17)28-5-2/h4,6-8,10-13H,1,5,9H2,2-3H3,(H,25,26)/b16-10-. The number of carbonyl (C=O) groups is 1.